The third-order valence-electron chi connectivity index (χ3n) is 3.85. The first-order chi connectivity index (χ1) is 12.5. The molecule has 0 amide bonds. The van der Waals surface area contributed by atoms with Gasteiger partial charge < -0.3 is 0 Å². The Labute approximate surface area is 156 Å². The van der Waals surface area contributed by atoms with Gasteiger partial charge in [0.1, 0.15) is 0 Å². The van der Waals surface area contributed by atoms with E-state index in [1.807, 2.05) is 36.4 Å². The summed E-state index contributed by atoms with van der Waals surface area (Å²) in [7, 11) is 0. The Morgan fingerprint density at radius 2 is 1.69 bits per heavy atom. The molecule has 0 aliphatic rings. The number of anilines is 2. The first-order valence-corrected chi connectivity index (χ1v) is 11.9. The minimum absolute atomic E-state index is 0.0448. The second-order valence-electron chi connectivity index (χ2n) is 5.63. The number of fused-ring (bicyclic) bond motifs is 1. The van der Waals surface area contributed by atoms with Crippen LogP contribution in [0.25, 0.3) is 20.7 Å². The van der Waals surface area contributed by atoms with Crippen molar-refractivity contribution in [2.75, 3.05) is 5.32 Å². The number of aromatic nitrogens is 2. The molecule has 2 aromatic carbocycles. The average Bonchev–Trinajstić information content (AvgIpc) is 3.08. The molecule has 0 radical (unpaired) electrons. The fraction of sp³-hybridized carbons (Fsp3) is 0. The Hall–Kier alpha value is -2.44. The molecule has 2 heterocycles. The normalized spacial score (nSPS) is 11.6. The molecular formula is C18H14AsN3O3S. The molecule has 0 spiro atoms. The van der Waals surface area contributed by atoms with Gasteiger partial charge in [-0.25, -0.2) is 0 Å². The van der Waals surface area contributed by atoms with Crippen molar-refractivity contribution < 1.29 is 11.9 Å². The van der Waals surface area contributed by atoms with Gasteiger partial charge in [0.25, 0.3) is 0 Å². The molecule has 6 nitrogen and oxygen atoms in total. The summed E-state index contributed by atoms with van der Waals surface area (Å²) < 4.78 is 29.9. The monoisotopic (exact) mass is 427 g/mol. The van der Waals surface area contributed by atoms with E-state index >= 15 is 0 Å². The number of thiophene rings is 1. The van der Waals surface area contributed by atoms with Gasteiger partial charge in [-0.05, 0) is 0 Å². The number of nitrogens with one attached hydrogen (secondary N) is 1. The third kappa shape index (κ3) is 3.43. The van der Waals surface area contributed by atoms with E-state index < -0.39 is 14.2 Å². The van der Waals surface area contributed by atoms with E-state index in [1.54, 1.807) is 23.5 Å². The van der Waals surface area contributed by atoms with Crippen LogP contribution in [0.4, 0.5) is 11.5 Å². The van der Waals surface area contributed by atoms with E-state index in [4.69, 9.17) is 0 Å². The maximum atomic E-state index is 11.3. The Morgan fingerprint density at radius 1 is 0.962 bits per heavy atom. The van der Waals surface area contributed by atoms with Gasteiger partial charge in [0.2, 0.25) is 0 Å². The summed E-state index contributed by atoms with van der Waals surface area (Å²) >= 11 is -3.28. The molecule has 8 heteroatoms. The topological polar surface area (TPSA) is 95.3 Å². The van der Waals surface area contributed by atoms with Crippen molar-refractivity contribution in [1.29, 1.82) is 0 Å². The van der Waals surface area contributed by atoms with Crippen molar-refractivity contribution in [3.8, 4) is 10.4 Å². The average molecular weight is 427 g/mol. The quantitative estimate of drug-likeness (QED) is 0.434. The van der Waals surface area contributed by atoms with E-state index in [1.165, 1.54) is 18.5 Å². The van der Waals surface area contributed by atoms with Crippen LogP contribution in [0.2, 0.25) is 0 Å². The van der Waals surface area contributed by atoms with Crippen LogP contribution >= 0.6 is 11.3 Å². The summed E-state index contributed by atoms with van der Waals surface area (Å²) in [6.07, 6.45) is 1.50. The van der Waals surface area contributed by atoms with Gasteiger partial charge in [0.15, 0.2) is 0 Å². The van der Waals surface area contributed by atoms with Crippen molar-refractivity contribution >= 4 is 51.6 Å². The van der Waals surface area contributed by atoms with Crippen molar-refractivity contribution in [1.82, 2.24) is 9.97 Å². The fourth-order valence-corrected chi connectivity index (χ4v) is 4.71. The van der Waals surface area contributed by atoms with Crippen molar-refractivity contribution in [2.24, 2.45) is 0 Å². The molecule has 0 atom stereocenters. The van der Waals surface area contributed by atoms with E-state index in [9.17, 15) is 11.9 Å². The van der Waals surface area contributed by atoms with Gasteiger partial charge >= 0.3 is 150 Å². The van der Waals surface area contributed by atoms with Crippen LogP contribution in [-0.2, 0) is 3.74 Å². The van der Waals surface area contributed by atoms with Crippen LogP contribution in [-0.4, -0.2) is 32.3 Å². The van der Waals surface area contributed by atoms with Crippen LogP contribution < -0.4 is 9.67 Å². The predicted octanol–water partition coefficient (Wildman–Crippen LogP) is 2.66. The molecular weight excluding hydrogens is 413 g/mol. The van der Waals surface area contributed by atoms with Gasteiger partial charge in [-0.2, -0.15) is 0 Å². The number of rotatable bonds is 4. The Kier molecular flexibility index (Phi) is 4.38. The molecule has 0 saturated carbocycles. The Balaban J connectivity index is 1.69. The van der Waals surface area contributed by atoms with E-state index in [-0.39, 0.29) is 4.35 Å². The van der Waals surface area contributed by atoms with Crippen molar-refractivity contribution in [3.05, 3.63) is 67.0 Å². The fourth-order valence-electron chi connectivity index (χ4n) is 2.58. The first-order valence-electron chi connectivity index (χ1n) is 7.74. The van der Waals surface area contributed by atoms with Gasteiger partial charge in [-0.1, -0.05) is 6.07 Å². The zero-order valence-corrected chi connectivity index (χ0v) is 16.1. The second kappa shape index (κ2) is 6.70. The number of nitrogens with zero attached hydrogens (tertiary/aromatic N) is 2. The van der Waals surface area contributed by atoms with Crippen molar-refractivity contribution in [3.63, 3.8) is 0 Å². The summed E-state index contributed by atoms with van der Waals surface area (Å²) in [6, 6.07) is 18.2. The predicted molar refractivity (Wildman–Crippen MR) is 103 cm³/mol. The van der Waals surface area contributed by atoms with E-state index in [0.29, 0.717) is 11.5 Å². The second-order valence-corrected chi connectivity index (χ2v) is 10.0. The van der Waals surface area contributed by atoms with E-state index in [2.05, 4.69) is 15.3 Å². The standard InChI is InChI=1S/C18H14AsN3O3S/c23-19(24,25)13-6-8-14(9-7-13)22-17-15-10-16(12-4-2-1-3-5-12)26-18(15)21-11-20-17/h1-11H,(H,20,21,22)(H2,23,24,25). The van der Waals surface area contributed by atoms with Gasteiger partial charge in [0.05, 0.1) is 0 Å². The molecule has 4 rings (SSSR count). The van der Waals surface area contributed by atoms with Gasteiger partial charge in [0, 0.05) is 0 Å². The molecule has 0 saturated heterocycles. The zero-order valence-electron chi connectivity index (χ0n) is 13.4. The molecule has 3 N–H and O–H groups in total. The molecule has 130 valence electrons. The van der Waals surface area contributed by atoms with Crippen LogP contribution in [0.15, 0.2) is 67.0 Å². The van der Waals surface area contributed by atoms with Crippen LogP contribution in [0.5, 0.6) is 0 Å². The Morgan fingerprint density at radius 3 is 2.38 bits per heavy atom. The molecule has 2 aromatic heterocycles. The summed E-state index contributed by atoms with van der Waals surface area (Å²) in [5.41, 5.74) is 1.82. The summed E-state index contributed by atoms with van der Waals surface area (Å²) in [6.45, 7) is 0. The Bertz CT molecular complexity index is 1110. The van der Waals surface area contributed by atoms with Gasteiger partial charge in [-0.3, -0.25) is 0 Å². The summed E-state index contributed by atoms with van der Waals surface area (Å²) in [4.78, 5) is 10.6. The number of hydrogen-bond acceptors (Lipinski definition) is 5. The number of benzene rings is 2. The van der Waals surface area contributed by atoms with Crippen LogP contribution in [0.1, 0.15) is 0 Å². The SMILES string of the molecule is O=[As](O)(O)c1ccc(Nc2ncnc3sc(-c4ccccc4)cc23)cc1. The molecule has 26 heavy (non-hydrogen) atoms. The molecule has 0 aliphatic heterocycles. The minimum atomic E-state index is -4.87. The summed E-state index contributed by atoms with van der Waals surface area (Å²) in [5.74, 6) is 0.655. The number of hydrogen-bond donors (Lipinski definition) is 3. The van der Waals surface area contributed by atoms with Crippen molar-refractivity contribution in [2.45, 2.75) is 0 Å². The molecule has 0 aliphatic carbocycles. The first kappa shape index (κ1) is 17.0. The molecule has 0 fully saturated rings. The van der Waals surface area contributed by atoms with Gasteiger partial charge in [-0.15, -0.1) is 0 Å². The molecule has 0 unspecified atom stereocenters. The zero-order chi connectivity index (χ0) is 18.1. The van der Waals surface area contributed by atoms with E-state index in [0.717, 1.165) is 20.7 Å². The summed E-state index contributed by atoms with van der Waals surface area (Å²) in [5, 5.41) is 4.10. The molecule has 4 aromatic rings. The maximum absolute atomic E-state index is 11.3. The van der Waals surface area contributed by atoms with Crippen LogP contribution in [0.3, 0.4) is 0 Å². The third-order valence-corrected chi connectivity index (χ3v) is 6.98. The molecule has 0 bridgehead atoms. The van der Waals surface area contributed by atoms with Crippen LogP contribution in [0, 0.1) is 0 Å².